The molecule has 2 atom stereocenters. The van der Waals surface area contributed by atoms with Crippen molar-refractivity contribution in [2.45, 2.75) is 70.1 Å². The van der Waals surface area contributed by atoms with Crippen LogP contribution in [0.4, 0.5) is 0 Å². The number of carbonyl (C=O) groups is 3. The van der Waals surface area contributed by atoms with Crippen LogP contribution in [0.25, 0.3) is 0 Å². The lowest BCUT2D eigenvalue weighted by atomic mass is 9.74. The zero-order valence-corrected chi connectivity index (χ0v) is 17.4. The summed E-state index contributed by atoms with van der Waals surface area (Å²) in [5.41, 5.74) is 9.64. The van der Waals surface area contributed by atoms with Gasteiger partial charge in [-0.3, -0.25) is 24.6 Å². The first-order valence-corrected chi connectivity index (χ1v) is 11.2. The Morgan fingerprint density at radius 1 is 1.10 bits per heavy atom. The van der Waals surface area contributed by atoms with Crippen molar-refractivity contribution in [3.05, 3.63) is 34.9 Å². The number of nitrogens with one attached hydrogen (secondary N) is 1. The number of nitrogens with zero attached hydrogens (tertiary/aromatic N) is 2. The van der Waals surface area contributed by atoms with E-state index >= 15 is 0 Å². The molecule has 1 aliphatic carbocycles. The number of imide groups is 1. The summed E-state index contributed by atoms with van der Waals surface area (Å²) >= 11 is 0. The second-order valence-corrected chi connectivity index (χ2v) is 9.53. The maximum atomic E-state index is 12.8. The number of benzene rings is 1. The topological polar surface area (TPSA) is 95.7 Å². The Bertz CT molecular complexity index is 890. The fourth-order valence-electron chi connectivity index (χ4n) is 5.93. The van der Waals surface area contributed by atoms with Crippen LogP contribution in [0.2, 0.25) is 0 Å². The molecule has 0 aromatic heterocycles. The van der Waals surface area contributed by atoms with Gasteiger partial charge >= 0.3 is 0 Å². The predicted molar refractivity (Wildman–Crippen MR) is 111 cm³/mol. The van der Waals surface area contributed by atoms with Gasteiger partial charge in [-0.15, -0.1) is 0 Å². The number of carbonyl (C=O) groups excluding carboxylic acids is 3. The van der Waals surface area contributed by atoms with Crippen molar-refractivity contribution in [3.63, 3.8) is 0 Å². The molecule has 1 aromatic carbocycles. The molecule has 0 radical (unpaired) electrons. The first-order chi connectivity index (χ1) is 14.4. The lowest BCUT2D eigenvalue weighted by molar-refractivity contribution is -0.136. The van der Waals surface area contributed by atoms with Gasteiger partial charge < -0.3 is 10.6 Å². The number of piperidine rings is 2. The molecule has 3 fully saturated rings. The quantitative estimate of drug-likeness (QED) is 0.737. The Balaban J connectivity index is 1.24. The highest BCUT2D eigenvalue weighted by molar-refractivity contribution is 6.05. The highest BCUT2D eigenvalue weighted by Crippen LogP contribution is 2.45. The van der Waals surface area contributed by atoms with E-state index in [1.165, 1.54) is 37.7 Å². The fourth-order valence-corrected chi connectivity index (χ4v) is 5.93. The minimum atomic E-state index is -0.556. The molecule has 7 heteroatoms. The van der Waals surface area contributed by atoms with Gasteiger partial charge in [0.15, 0.2) is 0 Å². The standard InChI is InChI=1S/C23H30N4O3/c24-19-2-1-7-23(19)8-10-26(11-9-23)13-15-3-4-17-16(12-15)14-27(22(17)30)18-5-6-20(28)25-21(18)29/h3-4,12,18-19H,1-2,5-11,13-14,24H2,(H,25,28,29). The van der Waals surface area contributed by atoms with Crippen LogP contribution in [0.3, 0.4) is 0 Å². The Morgan fingerprint density at radius 2 is 1.90 bits per heavy atom. The molecule has 3 heterocycles. The molecule has 4 aliphatic rings. The number of rotatable bonds is 3. The summed E-state index contributed by atoms with van der Waals surface area (Å²) in [5, 5.41) is 2.36. The number of amides is 3. The molecule has 30 heavy (non-hydrogen) atoms. The molecule has 2 saturated heterocycles. The highest BCUT2D eigenvalue weighted by Gasteiger charge is 2.43. The van der Waals surface area contributed by atoms with Crippen molar-refractivity contribution in [3.8, 4) is 0 Å². The third-order valence-corrected chi connectivity index (χ3v) is 7.82. The normalized spacial score (nSPS) is 28.8. The van der Waals surface area contributed by atoms with Crippen LogP contribution in [-0.2, 0) is 22.7 Å². The Hall–Kier alpha value is -2.25. The molecule has 3 amide bonds. The van der Waals surface area contributed by atoms with Gasteiger partial charge in [-0.1, -0.05) is 18.6 Å². The largest absolute Gasteiger partial charge is 0.327 e. The van der Waals surface area contributed by atoms with Crippen LogP contribution in [0, 0.1) is 5.41 Å². The monoisotopic (exact) mass is 410 g/mol. The first-order valence-electron chi connectivity index (χ1n) is 11.2. The predicted octanol–water partition coefficient (Wildman–Crippen LogP) is 1.54. The number of hydrogen-bond acceptors (Lipinski definition) is 5. The molecule has 3 N–H and O–H groups in total. The van der Waals surface area contributed by atoms with Crippen LogP contribution in [0.15, 0.2) is 18.2 Å². The van der Waals surface area contributed by atoms with E-state index in [-0.39, 0.29) is 24.1 Å². The van der Waals surface area contributed by atoms with Gasteiger partial charge in [0.2, 0.25) is 11.8 Å². The van der Waals surface area contributed by atoms with Gasteiger partial charge in [-0.25, -0.2) is 0 Å². The Kier molecular flexibility index (Phi) is 4.90. The molecule has 1 spiro atoms. The van der Waals surface area contributed by atoms with Crippen LogP contribution in [-0.4, -0.2) is 52.7 Å². The van der Waals surface area contributed by atoms with Gasteiger partial charge in [-0.2, -0.15) is 0 Å². The van der Waals surface area contributed by atoms with Gasteiger partial charge in [0, 0.05) is 31.1 Å². The Labute approximate surface area is 177 Å². The molecular weight excluding hydrogens is 380 g/mol. The van der Waals surface area contributed by atoms with E-state index in [9.17, 15) is 14.4 Å². The van der Waals surface area contributed by atoms with E-state index in [1.807, 2.05) is 12.1 Å². The number of fused-ring (bicyclic) bond motifs is 1. The van der Waals surface area contributed by atoms with Crippen molar-refractivity contribution >= 4 is 17.7 Å². The van der Waals surface area contributed by atoms with E-state index < -0.39 is 6.04 Å². The average Bonchev–Trinajstić information content (AvgIpc) is 3.24. The van der Waals surface area contributed by atoms with Crippen LogP contribution in [0.5, 0.6) is 0 Å². The zero-order valence-electron chi connectivity index (χ0n) is 17.4. The molecule has 0 bridgehead atoms. The zero-order chi connectivity index (χ0) is 20.9. The van der Waals surface area contributed by atoms with E-state index in [0.717, 1.165) is 25.2 Å². The summed E-state index contributed by atoms with van der Waals surface area (Å²) in [6.07, 6.45) is 6.75. The Morgan fingerprint density at radius 3 is 2.60 bits per heavy atom. The van der Waals surface area contributed by atoms with Crippen LogP contribution < -0.4 is 11.1 Å². The van der Waals surface area contributed by atoms with E-state index in [1.54, 1.807) is 4.90 Å². The number of nitrogens with two attached hydrogens (primary N) is 1. The number of hydrogen-bond donors (Lipinski definition) is 2. The van der Waals surface area contributed by atoms with E-state index in [4.69, 9.17) is 5.73 Å². The van der Waals surface area contributed by atoms with Crippen molar-refractivity contribution < 1.29 is 14.4 Å². The van der Waals surface area contributed by atoms with Crippen molar-refractivity contribution in [2.75, 3.05) is 13.1 Å². The summed E-state index contributed by atoms with van der Waals surface area (Å²) in [5.74, 6) is -0.731. The summed E-state index contributed by atoms with van der Waals surface area (Å²) in [4.78, 5) is 40.6. The lowest BCUT2D eigenvalue weighted by Gasteiger charge is -2.42. The second kappa shape index (κ2) is 7.46. The molecule has 1 saturated carbocycles. The molecule has 2 unspecified atom stereocenters. The summed E-state index contributed by atoms with van der Waals surface area (Å²) < 4.78 is 0. The molecule has 160 valence electrons. The maximum absolute atomic E-state index is 12.8. The summed E-state index contributed by atoms with van der Waals surface area (Å²) in [7, 11) is 0. The smallest absolute Gasteiger partial charge is 0.255 e. The van der Waals surface area contributed by atoms with Gasteiger partial charge in [0.1, 0.15) is 6.04 Å². The molecular formula is C23H30N4O3. The van der Waals surface area contributed by atoms with Crippen LogP contribution >= 0.6 is 0 Å². The van der Waals surface area contributed by atoms with Gasteiger partial charge in [-0.05, 0) is 67.8 Å². The van der Waals surface area contributed by atoms with Crippen molar-refractivity contribution in [2.24, 2.45) is 11.1 Å². The number of likely N-dealkylation sites (tertiary alicyclic amines) is 1. The molecule has 3 aliphatic heterocycles. The van der Waals surface area contributed by atoms with Gasteiger partial charge in [0.05, 0.1) is 0 Å². The third-order valence-electron chi connectivity index (χ3n) is 7.82. The van der Waals surface area contributed by atoms with Crippen molar-refractivity contribution in [1.82, 2.24) is 15.1 Å². The van der Waals surface area contributed by atoms with Crippen LogP contribution in [0.1, 0.15) is 66.4 Å². The maximum Gasteiger partial charge on any atom is 0.255 e. The molecule has 7 nitrogen and oxygen atoms in total. The minimum Gasteiger partial charge on any atom is -0.327 e. The van der Waals surface area contributed by atoms with Crippen molar-refractivity contribution in [1.29, 1.82) is 0 Å². The van der Waals surface area contributed by atoms with Gasteiger partial charge in [0.25, 0.3) is 5.91 Å². The SMILES string of the molecule is NC1CCCC12CCN(Cc1ccc3c(c1)CN(C1CCC(=O)NC1=O)C3=O)CC2. The minimum absolute atomic E-state index is 0.110. The highest BCUT2D eigenvalue weighted by atomic mass is 16.2. The average molecular weight is 411 g/mol. The fraction of sp³-hybridized carbons (Fsp3) is 0.609. The summed E-state index contributed by atoms with van der Waals surface area (Å²) in [6.45, 7) is 3.47. The second-order valence-electron chi connectivity index (χ2n) is 9.53. The molecule has 5 rings (SSSR count). The first kappa shape index (κ1) is 19.7. The van der Waals surface area contributed by atoms with E-state index in [2.05, 4.69) is 16.3 Å². The molecule has 1 aromatic rings. The third kappa shape index (κ3) is 3.34. The summed E-state index contributed by atoms with van der Waals surface area (Å²) in [6, 6.07) is 5.86. The van der Waals surface area contributed by atoms with E-state index in [0.29, 0.717) is 30.0 Å². The lowest BCUT2D eigenvalue weighted by Crippen LogP contribution is -2.52.